The SMILES string of the molecule is CCN(C(C)C)S(=O)(=O)c1csc(CNC(C)C)c1. The lowest BCUT2D eigenvalue weighted by molar-refractivity contribution is 0.369. The zero-order valence-electron chi connectivity index (χ0n) is 12.3. The van der Waals surface area contributed by atoms with Gasteiger partial charge in [-0.25, -0.2) is 8.42 Å². The molecule has 1 N–H and O–H groups in total. The number of hydrogen-bond acceptors (Lipinski definition) is 4. The number of thiophene rings is 1. The highest BCUT2D eigenvalue weighted by Gasteiger charge is 2.26. The van der Waals surface area contributed by atoms with Crippen LogP contribution in [0.2, 0.25) is 0 Å². The molecule has 0 aliphatic heterocycles. The summed E-state index contributed by atoms with van der Waals surface area (Å²) in [5.41, 5.74) is 0. The highest BCUT2D eigenvalue weighted by Crippen LogP contribution is 2.24. The van der Waals surface area contributed by atoms with Crippen molar-refractivity contribution in [1.82, 2.24) is 9.62 Å². The highest BCUT2D eigenvalue weighted by atomic mass is 32.2. The van der Waals surface area contributed by atoms with Crippen molar-refractivity contribution in [3.63, 3.8) is 0 Å². The van der Waals surface area contributed by atoms with Crippen molar-refractivity contribution >= 4 is 21.4 Å². The van der Waals surface area contributed by atoms with Gasteiger partial charge in [0.1, 0.15) is 0 Å². The van der Waals surface area contributed by atoms with E-state index in [2.05, 4.69) is 19.2 Å². The monoisotopic (exact) mass is 304 g/mol. The Morgan fingerprint density at radius 3 is 2.42 bits per heavy atom. The van der Waals surface area contributed by atoms with Crippen LogP contribution in [-0.4, -0.2) is 31.4 Å². The number of rotatable bonds is 7. The lowest BCUT2D eigenvalue weighted by atomic mass is 10.4. The summed E-state index contributed by atoms with van der Waals surface area (Å²) in [6.45, 7) is 11.0. The quantitative estimate of drug-likeness (QED) is 0.842. The maximum absolute atomic E-state index is 12.5. The molecule has 0 bridgehead atoms. The summed E-state index contributed by atoms with van der Waals surface area (Å²) in [7, 11) is -3.35. The molecule has 1 aromatic heterocycles. The summed E-state index contributed by atoms with van der Waals surface area (Å²) in [5, 5.41) is 5.03. The number of nitrogens with zero attached hydrogens (tertiary/aromatic N) is 1. The Labute approximate surface area is 120 Å². The first kappa shape index (κ1) is 16.6. The van der Waals surface area contributed by atoms with Crippen LogP contribution in [0, 0.1) is 0 Å². The van der Waals surface area contributed by atoms with Gasteiger partial charge in [-0.3, -0.25) is 0 Å². The van der Waals surface area contributed by atoms with Crippen LogP contribution in [0.15, 0.2) is 16.3 Å². The zero-order chi connectivity index (χ0) is 14.6. The van der Waals surface area contributed by atoms with Gasteiger partial charge >= 0.3 is 0 Å². The Morgan fingerprint density at radius 1 is 1.32 bits per heavy atom. The van der Waals surface area contributed by atoms with E-state index in [-0.39, 0.29) is 6.04 Å². The number of nitrogens with one attached hydrogen (secondary N) is 1. The van der Waals surface area contributed by atoms with Gasteiger partial charge in [0.05, 0.1) is 4.90 Å². The standard InChI is InChI=1S/C13H24N2O2S2/c1-6-15(11(4)5)19(16,17)13-7-12(18-9-13)8-14-10(2)3/h7,9-11,14H,6,8H2,1-5H3. The second-order valence-electron chi connectivity index (χ2n) is 5.09. The van der Waals surface area contributed by atoms with E-state index < -0.39 is 10.0 Å². The lowest BCUT2D eigenvalue weighted by Crippen LogP contribution is -2.36. The van der Waals surface area contributed by atoms with E-state index in [1.807, 2.05) is 20.8 Å². The molecule has 0 aliphatic rings. The van der Waals surface area contributed by atoms with Gasteiger partial charge in [0.2, 0.25) is 10.0 Å². The van der Waals surface area contributed by atoms with Crippen molar-refractivity contribution in [2.24, 2.45) is 0 Å². The van der Waals surface area contributed by atoms with Crippen LogP contribution in [0.5, 0.6) is 0 Å². The van der Waals surface area contributed by atoms with E-state index in [0.717, 1.165) is 4.88 Å². The predicted molar refractivity (Wildman–Crippen MR) is 81.0 cm³/mol. The summed E-state index contributed by atoms with van der Waals surface area (Å²) in [4.78, 5) is 1.46. The van der Waals surface area contributed by atoms with Gasteiger partial charge in [-0.1, -0.05) is 20.8 Å². The molecule has 0 unspecified atom stereocenters. The first-order valence-corrected chi connectivity index (χ1v) is 8.93. The van der Waals surface area contributed by atoms with Gasteiger partial charge in [0, 0.05) is 35.4 Å². The molecule has 1 aromatic rings. The first-order valence-electron chi connectivity index (χ1n) is 6.61. The first-order chi connectivity index (χ1) is 8.78. The van der Waals surface area contributed by atoms with Gasteiger partial charge in [-0.05, 0) is 19.9 Å². The van der Waals surface area contributed by atoms with Crippen LogP contribution in [0.25, 0.3) is 0 Å². The molecule has 0 amide bonds. The van der Waals surface area contributed by atoms with Gasteiger partial charge in [0.25, 0.3) is 0 Å². The largest absolute Gasteiger partial charge is 0.310 e. The Hall–Kier alpha value is -0.430. The van der Waals surface area contributed by atoms with E-state index in [1.54, 1.807) is 11.4 Å². The Kier molecular flexibility index (Phi) is 5.98. The summed E-state index contributed by atoms with van der Waals surface area (Å²) >= 11 is 1.49. The summed E-state index contributed by atoms with van der Waals surface area (Å²) in [5.74, 6) is 0. The number of sulfonamides is 1. The van der Waals surface area contributed by atoms with Gasteiger partial charge < -0.3 is 5.32 Å². The third-order valence-corrected chi connectivity index (χ3v) is 6.02. The van der Waals surface area contributed by atoms with Crippen molar-refractivity contribution in [3.05, 3.63) is 16.3 Å². The van der Waals surface area contributed by atoms with Crippen LogP contribution in [0.4, 0.5) is 0 Å². The molecule has 110 valence electrons. The van der Waals surface area contributed by atoms with E-state index in [4.69, 9.17) is 0 Å². The molecule has 0 aromatic carbocycles. The molecule has 0 aliphatic carbocycles. The maximum atomic E-state index is 12.5. The molecular formula is C13H24N2O2S2. The van der Waals surface area contributed by atoms with Crippen LogP contribution in [0.3, 0.4) is 0 Å². The Bertz CT molecular complexity index is 492. The summed E-state index contributed by atoms with van der Waals surface area (Å²) in [6, 6.07) is 2.15. The minimum atomic E-state index is -3.35. The normalized spacial score (nSPS) is 12.8. The minimum Gasteiger partial charge on any atom is -0.310 e. The minimum absolute atomic E-state index is 0.0212. The third-order valence-electron chi connectivity index (χ3n) is 2.81. The molecule has 0 saturated heterocycles. The van der Waals surface area contributed by atoms with Gasteiger partial charge in [-0.15, -0.1) is 11.3 Å². The molecule has 1 rings (SSSR count). The smallest absolute Gasteiger partial charge is 0.244 e. The Balaban J connectivity index is 2.91. The second-order valence-corrected chi connectivity index (χ2v) is 7.97. The molecule has 0 atom stereocenters. The van der Waals surface area contributed by atoms with E-state index in [1.165, 1.54) is 15.6 Å². The van der Waals surface area contributed by atoms with Crippen molar-refractivity contribution < 1.29 is 8.42 Å². The number of hydrogen-bond donors (Lipinski definition) is 1. The lowest BCUT2D eigenvalue weighted by Gasteiger charge is -2.23. The van der Waals surface area contributed by atoms with Crippen molar-refractivity contribution in [1.29, 1.82) is 0 Å². The van der Waals surface area contributed by atoms with Crippen LogP contribution >= 0.6 is 11.3 Å². The highest BCUT2D eigenvalue weighted by molar-refractivity contribution is 7.89. The van der Waals surface area contributed by atoms with E-state index in [9.17, 15) is 8.42 Å². The fourth-order valence-electron chi connectivity index (χ4n) is 1.84. The molecule has 0 radical (unpaired) electrons. The van der Waals surface area contributed by atoms with E-state index >= 15 is 0 Å². The molecule has 1 heterocycles. The topological polar surface area (TPSA) is 49.4 Å². The van der Waals surface area contributed by atoms with Gasteiger partial charge in [-0.2, -0.15) is 4.31 Å². The molecule has 6 heteroatoms. The molecule has 4 nitrogen and oxygen atoms in total. The van der Waals surface area contributed by atoms with Crippen molar-refractivity contribution in [3.8, 4) is 0 Å². The fraction of sp³-hybridized carbons (Fsp3) is 0.692. The zero-order valence-corrected chi connectivity index (χ0v) is 13.9. The van der Waals surface area contributed by atoms with Crippen molar-refractivity contribution in [2.45, 2.75) is 58.1 Å². The molecule has 19 heavy (non-hydrogen) atoms. The third kappa shape index (κ3) is 4.27. The summed E-state index contributed by atoms with van der Waals surface area (Å²) < 4.78 is 26.5. The van der Waals surface area contributed by atoms with Gasteiger partial charge in [0.15, 0.2) is 0 Å². The summed E-state index contributed by atoms with van der Waals surface area (Å²) in [6.07, 6.45) is 0. The average Bonchev–Trinajstić information content (AvgIpc) is 2.75. The molecule has 0 fully saturated rings. The Morgan fingerprint density at radius 2 is 1.95 bits per heavy atom. The molecule has 0 spiro atoms. The fourth-order valence-corrected chi connectivity index (χ4v) is 4.70. The maximum Gasteiger partial charge on any atom is 0.244 e. The molecular weight excluding hydrogens is 280 g/mol. The second kappa shape index (κ2) is 6.83. The average molecular weight is 304 g/mol. The molecule has 0 saturated carbocycles. The predicted octanol–water partition coefficient (Wildman–Crippen LogP) is 2.67. The van der Waals surface area contributed by atoms with Crippen LogP contribution in [-0.2, 0) is 16.6 Å². The van der Waals surface area contributed by atoms with Crippen LogP contribution < -0.4 is 5.32 Å². The van der Waals surface area contributed by atoms with E-state index in [0.29, 0.717) is 24.0 Å². The van der Waals surface area contributed by atoms with Crippen LogP contribution in [0.1, 0.15) is 39.5 Å². The van der Waals surface area contributed by atoms with Crippen molar-refractivity contribution in [2.75, 3.05) is 6.54 Å².